The lowest BCUT2D eigenvalue weighted by molar-refractivity contribution is 0.157. The monoisotopic (exact) mass is 289 g/mol. The van der Waals surface area contributed by atoms with Gasteiger partial charge in [-0.15, -0.1) is 0 Å². The Morgan fingerprint density at radius 3 is 2.75 bits per heavy atom. The number of rotatable bonds is 6. The van der Waals surface area contributed by atoms with Gasteiger partial charge in [0.15, 0.2) is 0 Å². The molecule has 0 aliphatic heterocycles. The minimum absolute atomic E-state index is 0.757. The molecule has 92 valence electrons. The minimum atomic E-state index is 0.757. The molecular weight excluding hydrogens is 270 g/mol. The van der Waals surface area contributed by atoms with E-state index < -0.39 is 0 Å². The number of likely N-dealkylation sites (N-methyl/N-ethyl adjacent to an activating group) is 1. The molecule has 0 fully saturated rings. The van der Waals surface area contributed by atoms with Crippen molar-refractivity contribution in [3.63, 3.8) is 0 Å². The van der Waals surface area contributed by atoms with Gasteiger partial charge in [0.1, 0.15) is 0 Å². The number of methoxy groups -OCH3 is 1. The molecule has 1 rings (SSSR count). The first kappa shape index (κ1) is 13.7. The average molecular weight is 290 g/mol. The number of hydrogen-bond donors (Lipinski definition) is 0. The van der Waals surface area contributed by atoms with E-state index in [0.717, 1.165) is 36.4 Å². The molecule has 0 N–H and O–H groups in total. The van der Waals surface area contributed by atoms with Gasteiger partial charge in [0.05, 0.1) is 22.5 Å². The summed E-state index contributed by atoms with van der Waals surface area (Å²) in [7, 11) is 3.82. The Kier molecular flexibility index (Phi) is 5.44. The fourth-order valence-corrected chi connectivity index (χ4v) is 2.01. The average Bonchev–Trinajstić information content (AvgIpc) is 2.54. The second-order valence-electron chi connectivity index (χ2n) is 3.89. The maximum Gasteiger partial charge on any atom is 0.0739 e. The van der Waals surface area contributed by atoms with E-state index in [1.54, 1.807) is 7.11 Å². The highest BCUT2D eigenvalue weighted by atomic mass is 79.9. The fourth-order valence-electron chi connectivity index (χ4n) is 1.60. The first-order valence-corrected chi connectivity index (χ1v) is 6.28. The maximum absolute atomic E-state index is 5.07. The Morgan fingerprint density at radius 2 is 2.19 bits per heavy atom. The van der Waals surface area contributed by atoms with Crippen molar-refractivity contribution in [1.29, 1.82) is 0 Å². The van der Waals surface area contributed by atoms with E-state index >= 15 is 0 Å². The van der Waals surface area contributed by atoms with Gasteiger partial charge in [-0.05, 0) is 36.8 Å². The fraction of sp³-hybridized carbons (Fsp3) is 0.727. The van der Waals surface area contributed by atoms with Gasteiger partial charge in [0, 0.05) is 26.7 Å². The molecule has 0 radical (unpaired) electrons. The summed E-state index contributed by atoms with van der Waals surface area (Å²) in [5, 5.41) is 4.47. The lowest BCUT2D eigenvalue weighted by Gasteiger charge is -2.16. The van der Waals surface area contributed by atoms with Gasteiger partial charge >= 0.3 is 0 Å². The van der Waals surface area contributed by atoms with Gasteiger partial charge in [-0.1, -0.05) is 0 Å². The van der Waals surface area contributed by atoms with Crippen LogP contribution in [0.2, 0.25) is 0 Å². The molecular formula is C11H20BrN3O. The van der Waals surface area contributed by atoms with Gasteiger partial charge in [0.2, 0.25) is 0 Å². The van der Waals surface area contributed by atoms with Crippen LogP contribution in [-0.4, -0.2) is 42.0 Å². The predicted molar refractivity (Wildman–Crippen MR) is 68.5 cm³/mol. The smallest absolute Gasteiger partial charge is 0.0739 e. The van der Waals surface area contributed by atoms with Crippen LogP contribution in [0.3, 0.4) is 0 Å². The van der Waals surface area contributed by atoms with Crippen molar-refractivity contribution in [2.75, 3.05) is 27.3 Å². The topological polar surface area (TPSA) is 30.3 Å². The molecule has 16 heavy (non-hydrogen) atoms. The minimum Gasteiger partial charge on any atom is -0.383 e. The summed E-state index contributed by atoms with van der Waals surface area (Å²) < 4.78 is 8.23. The molecule has 0 unspecified atom stereocenters. The standard InChI is InChI=1S/C11H20BrN3O/c1-5-15-10(11(12)9(2)13-15)8-14(3)6-7-16-4/h5-8H2,1-4H3. The van der Waals surface area contributed by atoms with Crippen molar-refractivity contribution in [1.82, 2.24) is 14.7 Å². The van der Waals surface area contributed by atoms with Gasteiger partial charge in [-0.2, -0.15) is 5.10 Å². The molecule has 1 aromatic heterocycles. The summed E-state index contributed by atoms with van der Waals surface area (Å²) in [5.74, 6) is 0. The summed E-state index contributed by atoms with van der Waals surface area (Å²) in [5.41, 5.74) is 2.29. The zero-order valence-corrected chi connectivity index (χ0v) is 12.0. The molecule has 0 aliphatic rings. The number of aryl methyl sites for hydroxylation is 2. The Hall–Kier alpha value is -0.390. The van der Waals surface area contributed by atoms with Crippen LogP contribution in [0.25, 0.3) is 0 Å². The first-order chi connectivity index (χ1) is 7.60. The van der Waals surface area contributed by atoms with Gasteiger partial charge in [-0.25, -0.2) is 0 Å². The molecule has 0 saturated carbocycles. The zero-order valence-electron chi connectivity index (χ0n) is 10.5. The van der Waals surface area contributed by atoms with Crippen LogP contribution in [0.1, 0.15) is 18.3 Å². The normalized spacial score (nSPS) is 11.4. The summed E-state index contributed by atoms with van der Waals surface area (Å²) in [6.45, 7) is 7.61. The summed E-state index contributed by atoms with van der Waals surface area (Å²) >= 11 is 3.60. The Balaban J connectivity index is 2.71. The van der Waals surface area contributed by atoms with Crippen LogP contribution in [0, 0.1) is 6.92 Å². The molecule has 0 saturated heterocycles. The summed E-state index contributed by atoms with van der Waals surface area (Å²) in [6, 6.07) is 0. The van der Waals surface area contributed by atoms with E-state index in [9.17, 15) is 0 Å². The van der Waals surface area contributed by atoms with Gasteiger partial charge in [-0.3, -0.25) is 9.58 Å². The van der Waals surface area contributed by atoms with Crippen LogP contribution in [0.15, 0.2) is 4.47 Å². The van der Waals surface area contributed by atoms with Crippen LogP contribution < -0.4 is 0 Å². The number of hydrogen-bond acceptors (Lipinski definition) is 3. The first-order valence-electron chi connectivity index (χ1n) is 5.49. The van der Waals surface area contributed by atoms with Crippen LogP contribution in [0.4, 0.5) is 0 Å². The zero-order chi connectivity index (χ0) is 12.1. The third kappa shape index (κ3) is 3.30. The molecule has 0 aliphatic carbocycles. The van der Waals surface area contributed by atoms with Crippen molar-refractivity contribution in [2.24, 2.45) is 0 Å². The molecule has 0 amide bonds. The Bertz CT molecular complexity index is 338. The summed E-state index contributed by atoms with van der Waals surface area (Å²) in [4.78, 5) is 2.23. The number of nitrogens with zero attached hydrogens (tertiary/aromatic N) is 3. The van der Waals surface area contributed by atoms with Crippen LogP contribution in [-0.2, 0) is 17.8 Å². The lowest BCUT2D eigenvalue weighted by atomic mass is 10.3. The highest BCUT2D eigenvalue weighted by Crippen LogP contribution is 2.21. The van der Waals surface area contributed by atoms with E-state index in [-0.39, 0.29) is 0 Å². The Morgan fingerprint density at radius 1 is 1.50 bits per heavy atom. The van der Waals surface area contributed by atoms with Crippen molar-refractivity contribution < 1.29 is 4.74 Å². The van der Waals surface area contributed by atoms with Gasteiger partial charge < -0.3 is 4.74 Å². The molecule has 1 aromatic rings. The molecule has 0 bridgehead atoms. The number of halogens is 1. The number of aromatic nitrogens is 2. The quantitative estimate of drug-likeness (QED) is 0.803. The molecule has 5 heteroatoms. The summed E-state index contributed by atoms with van der Waals surface area (Å²) in [6.07, 6.45) is 0. The molecule has 0 aromatic carbocycles. The second-order valence-corrected chi connectivity index (χ2v) is 4.69. The predicted octanol–water partition coefficient (Wildman–Crippen LogP) is 2.05. The van der Waals surface area contributed by atoms with E-state index in [1.165, 1.54) is 5.69 Å². The molecule has 4 nitrogen and oxygen atoms in total. The van der Waals surface area contributed by atoms with E-state index in [4.69, 9.17) is 4.74 Å². The maximum atomic E-state index is 5.07. The largest absolute Gasteiger partial charge is 0.383 e. The van der Waals surface area contributed by atoms with E-state index in [2.05, 4.69) is 39.9 Å². The Labute approximate surface area is 106 Å². The number of ether oxygens (including phenoxy) is 1. The van der Waals surface area contributed by atoms with E-state index in [1.807, 2.05) is 11.6 Å². The van der Waals surface area contributed by atoms with Crippen molar-refractivity contribution in [3.8, 4) is 0 Å². The lowest BCUT2D eigenvalue weighted by Crippen LogP contribution is -2.24. The van der Waals surface area contributed by atoms with Crippen molar-refractivity contribution in [2.45, 2.75) is 26.9 Å². The SMILES string of the molecule is CCn1nc(C)c(Br)c1CN(C)CCOC. The van der Waals surface area contributed by atoms with Crippen LogP contribution >= 0.6 is 15.9 Å². The third-order valence-corrected chi connectivity index (χ3v) is 3.58. The molecule has 0 atom stereocenters. The highest BCUT2D eigenvalue weighted by molar-refractivity contribution is 9.10. The third-order valence-electron chi connectivity index (χ3n) is 2.55. The second kappa shape index (κ2) is 6.37. The van der Waals surface area contributed by atoms with Crippen LogP contribution in [0.5, 0.6) is 0 Å². The highest BCUT2D eigenvalue weighted by Gasteiger charge is 2.13. The van der Waals surface area contributed by atoms with E-state index in [0.29, 0.717) is 0 Å². The van der Waals surface area contributed by atoms with Crippen molar-refractivity contribution >= 4 is 15.9 Å². The molecule has 0 spiro atoms. The van der Waals surface area contributed by atoms with Crippen molar-refractivity contribution in [3.05, 3.63) is 15.9 Å². The molecule has 1 heterocycles. The van der Waals surface area contributed by atoms with Gasteiger partial charge in [0.25, 0.3) is 0 Å².